The number of carbonyl (C=O) groups is 1. The van der Waals surface area contributed by atoms with Gasteiger partial charge in [-0.25, -0.2) is 0 Å². The van der Waals surface area contributed by atoms with E-state index in [1.165, 1.54) is 0 Å². The Morgan fingerprint density at radius 1 is 1.47 bits per heavy atom. The van der Waals surface area contributed by atoms with Gasteiger partial charge in [0.2, 0.25) is 0 Å². The number of aliphatic hydroxyl groups excluding tert-OH is 1. The van der Waals surface area contributed by atoms with E-state index in [9.17, 15) is 9.90 Å². The highest BCUT2D eigenvalue weighted by molar-refractivity contribution is 5.99. The summed E-state index contributed by atoms with van der Waals surface area (Å²) >= 11 is 0. The summed E-state index contributed by atoms with van der Waals surface area (Å²) in [6, 6.07) is 5.46. The van der Waals surface area contributed by atoms with Gasteiger partial charge in [0.05, 0.1) is 11.8 Å². The summed E-state index contributed by atoms with van der Waals surface area (Å²) in [7, 11) is 5.53. The molecule has 1 aliphatic heterocycles. The largest absolute Gasteiger partial charge is 0.479 e. The number of fused-ring (bicyclic) bond motifs is 1. The van der Waals surface area contributed by atoms with Crippen LogP contribution in [0.4, 0.5) is 5.69 Å². The first kappa shape index (κ1) is 13.8. The van der Waals surface area contributed by atoms with Crippen molar-refractivity contribution in [3.8, 4) is 5.75 Å². The molecule has 2 rings (SSSR count). The van der Waals surface area contributed by atoms with Crippen LogP contribution in [0.2, 0.25) is 0 Å². The highest BCUT2D eigenvalue weighted by atomic mass is 16.5. The fourth-order valence-corrected chi connectivity index (χ4v) is 2.19. The molecule has 104 valence electrons. The maximum atomic E-state index is 11.9. The van der Waals surface area contributed by atoms with Crippen molar-refractivity contribution in [1.29, 1.82) is 0 Å². The van der Waals surface area contributed by atoms with Crippen molar-refractivity contribution >= 4 is 11.6 Å². The SMILES string of the molecule is CC1Oc2ccc(C(O)CN(C)C)cc2N(C)C1=O. The first-order valence-corrected chi connectivity index (χ1v) is 6.31. The second-order valence-electron chi connectivity index (χ2n) is 5.16. The third-order valence-electron chi connectivity index (χ3n) is 3.25. The molecule has 0 radical (unpaired) electrons. The van der Waals surface area contributed by atoms with Gasteiger partial charge in [0.1, 0.15) is 5.75 Å². The Morgan fingerprint density at radius 2 is 2.16 bits per heavy atom. The van der Waals surface area contributed by atoms with E-state index < -0.39 is 12.2 Å². The van der Waals surface area contributed by atoms with E-state index in [4.69, 9.17) is 4.74 Å². The Balaban J connectivity index is 2.31. The fraction of sp³-hybridized carbons (Fsp3) is 0.500. The van der Waals surface area contributed by atoms with Crippen molar-refractivity contribution in [2.75, 3.05) is 32.6 Å². The minimum Gasteiger partial charge on any atom is -0.479 e. The zero-order chi connectivity index (χ0) is 14.2. The van der Waals surface area contributed by atoms with Crippen LogP contribution in [0.15, 0.2) is 18.2 Å². The summed E-state index contributed by atoms with van der Waals surface area (Å²) in [5, 5.41) is 10.1. The van der Waals surface area contributed by atoms with Crippen molar-refractivity contribution in [2.24, 2.45) is 0 Å². The fourth-order valence-electron chi connectivity index (χ4n) is 2.19. The number of hydrogen-bond donors (Lipinski definition) is 1. The Labute approximate surface area is 113 Å². The maximum absolute atomic E-state index is 11.9. The van der Waals surface area contributed by atoms with E-state index in [2.05, 4.69) is 0 Å². The number of carbonyl (C=O) groups excluding carboxylic acids is 1. The lowest BCUT2D eigenvalue weighted by molar-refractivity contribution is -0.125. The summed E-state index contributed by atoms with van der Waals surface area (Å²) in [4.78, 5) is 15.4. The molecule has 0 spiro atoms. The number of likely N-dealkylation sites (N-methyl/N-ethyl adjacent to an activating group) is 2. The zero-order valence-electron chi connectivity index (χ0n) is 11.8. The van der Waals surface area contributed by atoms with Crippen LogP contribution in [0.1, 0.15) is 18.6 Å². The number of anilines is 1. The quantitative estimate of drug-likeness (QED) is 0.886. The lowest BCUT2D eigenvalue weighted by Gasteiger charge is -2.31. The van der Waals surface area contributed by atoms with Gasteiger partial charge in [-0.2, -0.15) is 0 Å². The topological polar surface area (TPSA) is 53.0 Å². The average molecular weight is 264 g/mol. The summed E-state index contributed by atoms with van der Waals surface area (Å²) in [5.41, 5.74) is 1.49. The highest BCUT2D eigenvalue weighted by Gasteiger charge is 2.29. The minimum absolute atomic E-state index is 0.0771. The lowest BCUT2D eigenvalue weighted by atomic mass is 10.1. The van der Waals surface area contributed by atoms with E-state index >= 15 is 0 Å². The van der Waals surface area contributed by atoms with Gasteiger partial charge >= 0.3 is 0 Å². The molecule has 0 aliphatic carbocycles. The van der Waals surface area contributed by atoms with Crippen LogP contribution in [-0.2, 0) is 4.79 Å². The van der Waals surface area contributed by atoms with Gasteiger partial charge in [-0.1, -0.05) is 6.07 Å². The summed E-state index contributed by atoms with van der Waals surface area (Å²) in [6.07, 6.45) is -1.04. The third kappa shape index (κ3) is 2.72. The number of amides is 1. The predicted molar refractivity (Wildman–Crippen MR) is 73.5 cm³/mol. The molecule has 19 heavy (non-hydrogen) atoms. The molecule has 2 unspecified atom stereocenters. The zero-order valence-corrected chi connectivity index (χ0v) is 11.8. The lowest BCUT2D eigenvalue weighted by Crippen LogP contribution is -2.42. The number of nitrogens with zero attached hydrogens (tertiary/aromatic N) is 2. The number of ether oxygens (including phenoxy) is 1. The van der Waals surface area contributed by atoms with Gasteiger partial charge in [-0.15, -0.1) is 0 Å². The molecule has 5 heteroatoms. The molecule has 0 saturated heterocycles. The first-order valence-electron chi connectivity index (χ1n) is 6.31. The Kier molecular flexibility index (Phi) is 3.78. The molecular formula is C14H20N2O3. The van der Waals surface area contributed by atoms with E-state index in [1.807, 2.05) is 37.2 Å². The summed E-state index contributed by atoms with van der Waals surface area (Å²) in [5.74, 6) is 0.599. The summed E-state index contributed by atoms with van der Waals surface area (Å²) in [6.45, 7) is 2.27. The van der Waals surface area contributed by atoms with Crippen LogP contribution >= 0.6 is 0 Å². The van der Waals surface area contributed by atoms with Crippen LogP contribution in [0.5, 0.6) is 5.75 Å². The van der Waals surface area contributed by atoms with Crippen molar-refractivity contribution in [1.82, 2.24) is 4.90 Å². The average Bonchev–Trinajstić information content (AvgIpc) is 2.35. The predicted octanol–water partition coefficient (Wildman–Crippen LogP) is 1.03. The smallest absolute Gasteiger partial charge is 0.267 e. The monoisotopic (exact) mass is 264 g/mol. The van der Waals surface area contributed by atoms with Crippen molar-refractivity contribution in [3.05, 3.63) is 23.8 Å². The molecule has 0 saturated carbocycles. The number of aliphatic hydroxyl groups is 1. The molecule has 1 aromatic rings. The second kappa shape index (κ2) is 5.19. The molecule has 0 bridgehead atoms. The normalized spacial score (nSPS) is 20.2. The molecule has 1 aliphatic rings. The number of benzene rings is 1. The molecule has 2 atom stereocenters. The van der Waals surface area contributed by atoms with E-state index in [0.29, 0.717) is 18.0 Å². The Bertz CT molecular complexity index is 488. The Hall–Kier alpha value is -1.59. The molecule has 1 amide bonds. The van der Waals surface area contributed by atoms with Gasteiger partial charge < -0.3 is 19.6 Å². The van der Waals surface area contributed by atoms with Gasteiger partial charge in [-0.05, 0) is 38.7 Å². The maximum Gasteiger partial charge on any atom is 0.267 e. The van der Waals surface area contributed by atoms with E-state index in [-0.39, 0.29) is 5.91 Å². The van der Waals surface area contributed by atoms with E-state index in [1.54, 1.807) is 18.9 Å². The van der Waals surface area contributed by atoms with Crippen LogP contribution in [-0.4, -0.2) is 49.7 Å². The molecule has 1 heterocycles. The van der Waals surface area contributed by atoms with Gasteiger partial charge in [0.25, 0.3) is 5.91 Å². The standard InChI is InChI=1S/C14H20N2O3/c1-9-14(18)16(4)11-7-10(5-6-13(11)19-9)12(17)8-15(2)3/h5-7,9,12,17H,8H2,1-4H3. The molecule has 1 N–H and O–H groups in total. The van der Waals surface area contributed by atoms with Crippen LogP contribution < -0.4 is 9.64 Å². The van der Waals surface area contributed by atoms with Crippen LogP contribution in [0, 0.1) is 0 Å². The molecule has 0 fully saturated rings. The van der Waals surface area contributed by atoms with Crippen molar-refractivity contribution in [3.63, 3.8) is 0 Å². The van der Waals surface area contributed by atoms with E-state index in [0.717, 1.165) is 5.56 Å². The first-order chi connectivity index (χ1) is 8.90. The Morgan fingerprint density at radius 3 is 2.79 bits per heavy atom. The second-order valence-corrected chi connectivity index (χ2v) is 5.16. The van der Waals surface area contributed by atoms with Crippen molar-refractivity contribution < 1.29 is 14.6 Å². The number of rotatable bonds is 3. The van der Waals surface area contributed by atoms with Crippen LogP contribution in [0.25, 0.3) is 0 Å². The van der Waals surface area contributed by atoms with Crippen LogP contribution in [0.3, 0.4) is 0 Å². The molecule has 5 nitrogen and oxygen atoms in total. The third-order valence-corrected chi connectivity index (χ3v) is 3.25. The van der Waals surface area contributed by atoms with Gasteiger partial charge in [0.15, 0.2) is 6.10 Å². The van der Waals surface area contributed by atoms with Crippen molar-refractivity contribution in [2.45, 2.75) is 19.1 Å². The minimum atomic E-state index is -0.580. The molecular weight excluding hydrogens is 244 g/mol. The van der Waals surface area contributed by atoms with Gasteiger partial charge in [-0.3, -0.25) is 4.79 Å². The number of hydrogen-bond acceptors (Lipinski definition) is 4. The molecule has 0 aromatic heterocycles. The summed E-state index contributed by atoms with van der Waals surface area (Å²) < 4.78 is 5.55. The molecule has 1 aromatic carbocycles. The highest BCUT2D eigenvalue weighted by Crippen LogP contribution is 2.35. The van der Waals surface area contributed by atoms with Gasteiger partial charge in [0, 0.05) is 13.6 Å².